The molecule has 1 rings (SSSR count). The van der Waals surface area contributed by atoms with Crippen molar-refractivity contribution in [1.82, 2.24) is 4.31 Å². The Morgan fingerprint density at radius 2 is 2.00 bits per heavy atom. The molecular weight excluding hydrogens is 262 g/mol. The first kappa shape index (κ1) is 15.9. The highest BCUT2D eigenvalue weighted by atomic mass is 32.2. The van der Waals surface area contributed by atoms with E-state index in [1.807, 2.05) is 6.92 Å². The second-order valence-corrected chi connectivity index (χ2v) is 6.34. The number of hydrogen-bond donors (Lipinski definition) is 1. The fourth-order valence-electron chi connectivity index (χ4n) is 1.94. The molecule has 4 nitrogen and oxygen atoms in total. The van der Waals surface area contributed by atoms with Crippen molar-refractivity contribution in [2.45, 2.75) is 32.3 Å². The zero-order valence-electron chi connectivity index (χ0n) is 11.7. The van der Waals surface area contributed by atoms with E-state index in [0.29, 0.717) is 12.1 Å². The lowest BCUT2D eigenvalue weighted by Gasteiger charge is -2.21. The number of sulfonamides is 1. The third-order valence-corrected chi connectivity index (χ3v) is 5.23. The van der Waals surface area contributed by atoms with Crippen LogP contribution in [-0.2, 0) is 16.6 Å². The molecule has 1 aromatic rings. The molecule has 5 heteroatoms. The Hall–Kier alpha value is -1.17. The number of hydrogen-bond acceptors (Lipinski definition) is 3. The van der Waals surface area contributed by atoms with E-state index in [4.69, 9.17) is 0 Å². The molecule has 0 aromatic heterocycles. The molecular formula is C14H21NO3S. The van der Waals surface area contributed by atoms with Crippen LogP contribution in [0.4, 0.5) is 0 Å². The molecule has 1 N–H and O–H groups in total. The van der Waals surface area contributed by atoms with Gasteiger partial charge in [0.1, 0.15) is 0 Å². The van der Waals surface area contributed by atoms with Gasteiger partial charge in [-0.3, -0.25) is 0 Å². The highest BCUT2D eigenvalue weighted by molar-refractivity contribution is 7.89. The van der Waals surface area contributed by atoms with Crippen LogP contribution in [0.1, 0.15) is 23.6 Å². The van der Waals surface area contributed by atoms with Crippen LogP contribution in [0.15, 0.2) is 29.7 Å². The van der Waals surface area contributed by atoms with Gasteiger partial charge in [0.15, 0.2) is 0 Å². The van der Waals surface area contributed by atoms with Gasteiger partial charge in [0.2, 0.25) is 10.0 Å². The Bertz CT molecular complexity index is 564. The molecule has 0 atom stereocenters. The Kier molecular flexibility index (Phi) is 5.29. The summed E-state index contributed by atoms with van der Waals surface area (Å²) in [5.74, 6) is 0. The van der Waals surface area contributed by atoms with E-state index < -0.39 is 10.0 Å². The molecule has 0 radical (unpaired) electrons. The summed E-state index contributed by atoms with van der Waals surface area (Å²) >= 11 is 0. The van der Waals surface area contributed by atoms with E-state index in [1.165, 1.54) is 4.31 Å². The average molecular weight is 283 g/mol. The summed E-state index contributed by atoms with van der Waals surface area (Å²) in [4.78, 5) is 0.264. The zero-order valence-corrected chi connectivity index (χ0v) is 12.5. The normalized spacial score (nSPS) is 11.8. The molecule has 0 amide bonds. The molecule has 0 saturated carbocycles. The number of aryl methyl sites for hydroxylation is 1. The summed E-state index contributed by atoms with van der Waals surface area (Å²) in [6.45, 7) is 9.50. The topological polar surface area (TPSA) is 57.6 Å². The quantitative estimate of drug-likeness (QED) is 0.812. The van der Waals surface area contributed by atoms with E-state index in [2.05, 4.69) is 6.58 Å². The maximum Gasteiger partial charge on any atom is 0.243 e. The highest BCUT2D eigenvalue weighted by Gasteiger charge is 2.25. The van der Waals surface area contributed by atoms with Gasteiger partial charge in [-0.05, 0) is 36.6 Å². The Labute approximate surface area is 115 Å². The van der Waals surface area contributed by atoms with Crippen LogP contribution in [0.3, 0.4) is 0 Å². The zero-order chi connectivity index (χ0) is 14.6. The van der Waals surface area contributed by atoms with Gasteiger partial charge < -0.3 is 5.11 Å². The van der Waals surface area contributed by atoms with Crippen molar-refractivity contribution in [2.75, 3.05) is 13.1 Å². The minimum Gasteiger partial charge on any atom is -0.392 e. The Balaban J connectivity index is 3.42. The molecule has 0 fully saturated rings. The van der Waals surface area contributed by atoms with Crippen molar-refractivity contribution in [1.29, 1.82) is 0 Å². The molecule has 0 heterocycles. The van der Waals surface area contributed by atoms with Gasteiger partial charge in [-0.15, -0.1) is 6.58 Å². The summed E-state index contributed by atoms with van der Waals surface area (Å²) in [5.41, 5.74) is 2.19. The number of aliphatic hydroxyl groups excluding tert-OH is 1. The highest BCUT2D eigenvalue weighted by Crippen LogP contribution is 2.24. The molecule has 0 unspecified atom stereocenters. The van der Waals surface area contributed by atoms with Crippen LogP contribution in [-0.4, -0.2) is 30.9 Å². The molecule has 0 aliphatic carbocycles. The number of rotatable bonds is 6. The second-order valence-electron chi connectivity index (χ2n) is 4.44. The van der Waals surface area contributed by atoms with Gasteiger partial charge in [0.05, 0.1) is 11.5 Å². The summed E-state index contributed by atoms with van der Waals surface area (Å²) in [6.07, 6.45) is 1.57. The predicted molar refractivity (Wildman–Crippen MR) is 76.5 cm³/mol. The minimum absolute atomic E-state index is 0.169. The summed E-state index contributed by atoms with van der Waals surface area (Å²) in [5, 5.41) is 9.22. The van der Waals surface area contributed by atoms with E-state index in [-0.39, 0.29) is 18.0 Å². The maximum atomic E-state index is 12.6. The molecule has 19 heavy (non-hydrogen) atoms. The SMILES string of the molecule is C=CCN(CC)S(=O)(=O)c1cc(CO)cc(C)c1C. The van der Waals surface area contributed by atoms with E-state index in [9.17, 15) is 13.5 Å². The van der Waals surface area contributed by atoms with Crippen molar-refractivity contribution < 1.29 is 13.5 Å². The second kappa shape index (κ2) is 6.32. The summed E-state index contributed by atoms with van der Waals surface area (Å²) in [6, 6.07) is 3.35. The monoisotopic (exact) mass is 283 g/mol. The van der Waals surface area contributed by atoms with Crippen molar-refractivity contribution in [3.63, 3.8) is 0 Å². The smallest absolute Gasteiger partial charge is 0.243 e. The molecule has 106 valence electrons. The van der Waals surface area contributed by atoms with Gasteiger partial charge in [-0.1, -0.05) is 19.1 Å². The number of nitrogens with zero attached hydrogens (tertiary/aromatic N) is 1. The predicted octanol–water partition coefficient (Wildman–Crippen LogP) is 1.99. The van der Waals surface area contributed by atoms with Gasteiger partial charge >= 0.3 is 0 Å². The van der Waals surface area contributed by atoms with Crippen molar-refractivity contribution in [2.24, 2.45) is 0 Å². The fourth-order valence-corrected chi connectivity index (χ4v) is 3.71. The Morgan fingerprint density at radius 1 is 1.37 bits per heavy atom. The lowest BCUT2D eigenvalue weighted by molar-refractivity contribution is 0.281. The lowest BCUT2D eigenvalue weighted by Crippen LogP contribution is -2.31. The standard InChI is InChI=1S/C14H21NO3S/c1-5-7-15(6-2)19(17,18)14-9-13(10-16)8-11(3)12(14)4/h5,8-9,16H,1,6-7,10H2,2-4H3. The third-order valence-electron chi connectivity index (χ3n) is 3.17. The minimum atomic E-state index is -3.55. The van der Waals surface area contributed by atoms with E-state index in [1.54, 1.807) is 32.1 Å². The van der Waals surface area contributed by atoms with Crippen LogP contribution < -0.4 is 0 Å². The maximum absolute atomic E-state index is 12.6. The number of likely N-dealkylation sites (N-methyl/N-ethyl adjacent to an activating group) is 1. The fraction of sp³-hybridized carbons (Fsp3) is 0.429. The van der Waals surface area contributed by atoms with Crippen LogP contribution in [0, 0.1) is 13.8 Å². The molecule has 0 aliphatic heterocycles. The Morgan fingerprint density at radius 3 is 2.47 bits per heavy atom. The van der Waals surface area contributed by atoms with Crippen molar-refractivity contribution in [3.05, 3.63) is 41.5 Å². The van der Waals surface area contributed by atoms with Crippen molar-refractivity contribution >= 4 is 10.0 Å². The molecule has 0 aliphatic rings. The first-order chi connectivity index (χ1) is 8.88. The van der Waals surface area contributed by atoms with E-state index in [0.717, 1.165) is 11.1 Å². The van der Waals surface area contributed by atoms with Gasteiger partial charge in [-0.2, -0.15) is 4.31 Å². The van der Waals surface area contributed by atoms with Crippen molar-refractivity contribution in [3.8, 4) is 0 Å². The number of benzene rings is 1. The van der Waals surface area contributed by atoms with E-state index >= 15 is 0 Å². The molecule has 0 bridgehead atoms. The van der Waals surface area contributed by atoms with Crippen LogP contribution >= 0.6 is 0 Å². The number of aliphatic hydroxyl groups is 1. The van der Waals surface area contributed by atoms with Crippen LogP contribution in [0.25, 0.3) is 0 Å². The molecule has 1 aromatic carbocycles. The third kappa shape index (κ3) is 3.23. The van der Waals surface area contributed by atoms with Crippen LogP contribution in [0.2, 0.25) is 0 Å². The van der Waals surface area contributed by atoms with Crippen LogP contribution in [0.5, 0.6) is 0 Å². The molecule has 0 saturated heterocycles. The average Bonchev–Trinajstić information content (AvgIpc) is 2.38. The lowest BCUT2D eigenvalue weighted by atomic mass is 10.1. The molecule has 0 spiro atoms. The first-order valence-corrected chi connectivity index (χ1v) is 7.64. The van der Waals surface area contributed by atoms with Gasteiger partial charge in [0, 0.05) is 13.1 Å². The summed E-state index contributed by atoms with van der Waals surface area (Å²) in [7, 11) is -3.55. The largest absolute Gasteiger partial charge is 0.392 e. The van der Waals surface area contributed by atoms with Gasteiger partial charge in [0.25, 0.3) is 0 Å². The first-order valence-electron chi connectivity index (χ1n) is 6.20. The summed E-state index contributed by atoms with van der Waals surface area (Å²) < 4.78 is 26.5. The van der Waals surface area contributed by atoms with Gasteiger partial charge in [-0.25, -0.2) is 8.42 Å².